The van der Waals surface area contributed by atoms with Crippen LogP contribution in [0.25, 0.3) is 10.8 Å². The van der Waals surface area contributed by atoms with Crippen LogP contribution in [-0.2, 0) is 14.8 Å². The highest BCUT2D eigenvalue weighted by Gasteiger charge is 2.18. The third kappa shape index (κ3) is 5.58. The zero-order valence-electron chi connectivity index (χ0n) is 19.5. The molecular formula is C27H25ClN2O4S. The van der Waals surface area contributed by atoms with Crippen molar-refractivity contribution < 1.29 is 17.9 Å². The molecule has 4 aromatic carbocycles. The lowest BCUT2D eigenvalue weighted by atomic mass is 10.1. The van der Waals surface area contributed by atoms with Crippen LogP contribution in [0.4, 0.5) is 11.4 Å². The summed E-state index contributed by atoms with van der Waals surface area (Å²) in [5, 5.41) is 5.16. The lowest BCUT2D eigenvalue weighted by Crippen LogP contribution is -2.30. The van der Waals surface area contributed by atoms with Gasteiger partial charge in [-0.2, -0.15) is 0 Å². The van der Waals surface area contributed by atoms with E-state index in [4.69, 9.17) is 16.3 Å². The molecule has 0 saturated carbocycles. The number of rotatable bonds is 7. The Labute approximate surface area is 209 Å². The number of aryl methyl sites for hydroxylation is 2. The molecule has 0 radical (unpaired) electrons. The van der Waals surface area contributed by atoms with Gasteiger partial charge >= 0.3 is 0 Å². The molecule has 180 valence electrons. The van der Waals surface area contributed by atoms with Crippen molar-refractivity contribution in [3.05, 3.63) is 95.0 Å². The standard InChI is InChI=1S/C27H25ClN2O4S/c1-17-15-22(16-18(2)26(17)28)34-19(3)27(31)29-21-11-13-23(14-12-21)35(32,33)30-25-10-6-8-20-7-4-5-9-24(20)25/h4-16,19,30H,1-3H3,(H,29,31)/t19-/m0/s1. The summed E-state index contributed by atoms with van der Waals surface area (Å²) < 4.78 is 34.3. The molecule has 4 rings (SSSR count). The second-order valence-electron chi connectivity index (χ2n) is 8.28. The minimum Gasteiger partial charge on any atom is -0.481 e. The van der Waals surface area contributed by atoms with E-state index in [0.717, 1.165) is 21.9 Å². The molecule has 0 bridgehead atoms. The molecule has 2 N–H and O–H groups in total. The highest BCUT2D eigenvalue weighted by molar-refractivity contribution is 7.92. The Kier molecular flexibility index (Phi) is 7.00. The summed E-state index contributed by atoms with van der Waals surface area (Å²) in [4.78, 5) is 12.7. The lowest BCUT2D eigenvalue weighted by molar-refractivity contribution is -0.122. The summed E-state index contributed by atoms with van der Waals surface area (Å²) in [7, 11) is -3.82. The summed E-state index contributed by atoms with van der Waals surface area (Å²) in [6.07, 6.45) is -0.772. The van der Waals surface area contributed by atoms with Gasteiger partial charge in [0, 0.05) is 16.1 Å². The van der Waals surface area contributed by atoms with Crippen LogP contribution in [0.2, 0.25) is 5.02 Å². The van der Waals surface area contributed by atoms with Crippen molar-refractivity contribution in [1.82, 2.24) is 0 Å². The van der Waals surface area contributed by atoms with Gasteiger partial charge in [-0.05, 0) is 79.7 Å². The van der Waals surface area contributed by atoms with Crippen LogP contribution in [0.15, 0.2) is 83.8 Å². The van der Waals surface area contributed by atoms with Gasteiger partial charge in [0.05, 0.1) is 10.6 Å². The van der Waals surface area contributed by atoms with E-state index < -0.39 is 16.1 Å². The van der Waals surface area contributed by atoms with Crippen LogP contribution in [0, 0.1) is 13.8 Å². The molecule has 0 unspecified atom stereocenters. The number of amides is 1. The predicted molar refractivity (Wildman–Crippen MR) is 141 cm³/mol. The van der Waals surface area contributed by atoms with E-state index in [1.807, 2.05) is 44.2 Å². The van der Waals surface area contributed by atoms with E-state index in [2.05, 4.69) is 10.0 Å². The van der Waals surface area contributed by atoms with Crippen LogP contribution in [0.1, 0.15) is 18.1 Å². The Morgan fingerprint density at radius 2 is 1.54 bits per heavy atom. The summed E-state index contributed by atoms with van der Waals surface area (Å²) >= 11 is 6.19. The highest BCUT2D eigenvalue weighted by Crippen LogP contribution is 2.28. The lowest BCUT2D eigenvalue weighted by Gasteiger charge is -2.16. The SMILES string of the molecule is Cc1cc(O[C@@H](C)C(=O)Nc2ccc(S(=O)(=O)Nc3cccc4ccccc34)cc2)cc(C)c1Cl. The molecule has 0 fully saturated rings. The largest absolute Gasteiger partial charge is 0.481 e. The van der Waals surface area contributed by atoms with E-state index in [1.165, 1.54) is 12.1 Å². The van der Waals surface area contributed by atoms with Crippen molar-refractivity contribution >= 4 is 49.7 Å². The number of anilines is 2. The fourth-order valence-corrected chi connectivity index (χ4v) is 4.90. The zero-order valence-corrected chi connectivity index (χ0v) is 21.1. The summed E-state index contributed by atoms with van der Waals surface area (Å²) in [5.74, 6) is 0.188. The molecular weight excluding hydrogens is 484 g/mol. The quantitative estimate of drug-likeness (QED) is 0.306. The first kappa shape index (κ1) is 24.6. The number of carbonyl (C=O) groups is 1. The Morgan fingerprint density at radius 3 is 2.23 bits per heavy atom. The number of nitrogens with one attached hydrogen (secondary N) is 2. The van der Waals surface area contributed by atoms with E-state index in [1.54, 1.807) is 43.3 Å². The number of fused-ring (bicyclic) bond motifs is 1. The number of hydrogen-bond acceptors (Lipinski definition) is 4. The average Bonchev–Trinajstić information content (AvgIpc) is 2.83. The maximum Gasteiger partial charge on any atom is 0.265 e. The molecule has 0 aliphatic carbocycles. The molecule has 0 aliphatic heterocycles. The number of sulfonamides is 1. The Morgan fingerprint density at radius 1 is 0.914 bits per heavy atom. The molecule has 0 aromatic heterocycles. The monoisotopic (exact) mass is 508 g/mol. The molecule has 0 heterocycles. The van der Waals surface area contributed by atoms with Crippen LogP contribution >= 0.6 is 11.6 Å². The Bertz CT molecular complexity index is 1470. The third-order valence-electron chi connectivity index (χ3n) is 5.56. The molecule has 8 heteroatoms. The van der Waals surface area contributed by atoms with Gasteiger partial charge in [-0.25, -0.2) is 8.42 Å². The van der Waals surface area contributed by atoms with Crippen molar-refractivity contribution in [2.75, 3.05) is 10.0 Å². The fraction of sp³-hybridized carbons (Fsp3) is 0.148. The van der Waals surface area contributed by atoms with Gasteiger partial charge in [0.2, 0.25) is 0 Å². The number of benzene rings is 4. The number of ether oxygens (including phenoxy) is 1. The van der Waals surface area contributed by atoms with Crippen molar-refractivity contribution in [2.24, 2.45) is 0 Å². The van der Waals surface area contributed by atoms with Crippen LogP contribution in [0.5, 0.6) is 5.75 Å². The summed E-state index contributed by atoms with van der Waals surface area (Å²) in [5.41, 5.74) is 2.68. The minimum absolute atomic E-state index is 0.0832. The Balaban J connectivity index is 1.44. The molecule has 0 saturated heterocycles. The maximum atomic E-state index is 12.9. The maximum absolute atomic E-state index is 12.9. The molecule has 0 aliphatic rings. The van der Waals surface area contributed by atoms with Gasteiger partial charge in [0.15, 0.2) is 6.10 Å². The zero-order chi connectivity index (χ0) is 25.2. The van der Waals surface area contributed by atoms with E-state index in [9.17, 15) is 13.2 Å². The molecule has 0 spiro atoms. The normalized spacial score (nSPS) is 12.2. The van der Waals surface area contributed by atoms with Gasteiger partial charge in [-0.15, -0.1) is 0 Å². The summed E-state index contributed by atoms with van der Waals surface area (Å²) in [6, 6.07) is 22.5. The molecule has 6 nitrogen and oxygen atoms in total. The second kappa shape index (κ2) is 9.98. The van der Waals surface area contributed by atoms with Crippen LogP contribution in [0.3, 0.4) is 0 Å². The van der Waals surface area contributed by atoms with Crippen molar-refractivity contribution in [3.8, 4) is 5.75 Å². The van der Waals surface area contributed by atoms with Gasteiger partial charge in [0.25, 0.3) is 15.9 Å². The van der Waals surface area contributed by atoms with Gasteiger partial charge < -0.3 is 10.1 Å². The highest BCUT2D eigenvalue weighted by atomic mass is 35.5. The summed E-state index contributed by atoms with van der Waals surface area (Å²) in [6.45, 7) is 5.39. The minimum atomic E-state index is -3.82. The average molecular weight is 509 g/mol. The first-order valence-electron chi connectivity index (χ1n) is 11.0. The van der Waals surface area contributed by atoms with Gasteiger partial charge in [0.1, 0.15) is 5.75 Å². The Hall–Kier alpha value is -3.55. The molecule has 1 atom stereocenters. The van der Waals surface area contributed by atoms with Crippen molar-refractivity contribution in [1.29, 1.82) is 0 Å². The van der Waals surface area contributed by atoms with Crippen molar-refractivity contribution in [3.63, 3.8) is 0 Å². The number of halogens is 1. The topological polar surface area (TPSA) is 84.5 Å². The number of hydrogen-bond donors (Lipinski definition) is 2. The van der Waals surface area contributed by atoms with E-state index in [-0.39, 0.29) is 10.8 Å². The smallest absolute Gasteiger partial charge is 0.265 e. The first-order chi connectivity index (χ1) is 16.6. The van der Waals surface area contributed by atoms with Gasteiger partial charge in [-0.1, -0.05) is 48.0 Å². The second-order valence-corrected chi connectivity index (χ2v) is 10.3. The van der Waals surface area contributed by atoms with Crippen LogP contribution in [-0.4, -0.2) is 20.4 Å². The molecule has 4 aromatic rings. The molecule has 35 heavy (non-hydrogen) atoms. The third-order valence-corrected chi connectivity index (χ3v) is 7.54. The van der Waals surface area contributed by atoms with E-state index in [0.29, 0.717) is 22.1 Å². The van der Waals surface area contributed by atoms with Gasteiger partial charge in [-0.3, -0.25) is 9.52 Å². The molecule has 1 amide bonds. The number of carbonyl (C=O) groups excluding carboxylic acids is 1. The fourth-order valence-electron chi connectivity index (χ4n) is 3.71. The predicted octanol–water partition coefficient (Wildman–Crippen LogP) is 6.32. The van der Waals surface area contributed by atoms with E-state index >= 15 is 0 Å². The first-order valence-corrected chi connectivity index (χ1v) is 12.8. The van der Waals surface area contributed by atoms with Crippen molar-refractivity contribution in [2.45, 2.75) is 31.8 Å². The van der Waals surface area contributed by atoms with Crippen LogP contribution < -0.4 is 14.8 Å².